The summed E-state index contributed by atoms with van der Waals surface area (Å²) in [6.45, 7) is 2.89. The first-order valence-electron chi connectivity index (χ1n) is 9.94. The van der Waals surface area contributed by atoms with E-state index in [-0.39, 0.29) is 17.2 Å². The maximum Gasteiger partial charge on any atom is 0.243 e. The van der Waals surface area contributed by atoms with E-state index in [2.05, 4.69) is 5.32 Å². The van der Waals surface area contributed by atoms with Crippen molar-refractivity contribution < 1.29 is 17.9 Å². The number of hydrogen-bond acceptors (Lipinski definition) is 4. The maximum absolute atomic E-state index is 13.0. The van der Waals surface area contributed by atoms with Gasteiger partial charge in [0, 0.05) is 25.2 Å². The molecule has 1 aliphatic rings. The van der Waals surface area contributed by atoms with Crippen LogP contribution in [0.15, 0.2) is 47.4 Å². The Balaban J connectivity index is 1.70. The molecule has 1 heterocycles. The number of nitrogens with one attached hydrogen (secondary N) is 1. The molecule has 0 aliphatic carbocycles. The molecule has 1 fully saturated rings. The second-order valence-corrected chi connectivity index (χ2v) is 9.21. The molecule has 3 rings (SSSR count). The average Bonchev–Trinajstić information content (AvgIpc) is 2.74. The fourth-order valence-electron chi connectivity index (χ4n) is 3.58. The van der Waals surface area contributed by atoms with Crippen molar-refractivity contribution in [1.29, 1.82) is 0 Å². The van der Waals surface area contributed by atoms with E-state index < -0.39 is 10.0 Å². The minimum atomic E-state index is -3.55. The van der Waals surface area contributed by atoms with Gasteiger partial charge in [-0.2, -0.15) is 4.31 Å². The zero-order chi connectivity index (χ0) is 20.9. The number of anilines is 1. The first-order chi connectivity index (χ1) is 13.9. The summed E-state index contributed by atoms with van der Waals surface area (Å²) < 4.78 is 32.9. The van der Waals surface area contributed by atoms with Crippen LogP contribution in [0.5, 0.6) is 5.75 Å². The van der Waals surface area contributed by atoms with Gasteiger partial charge in [0.15, 0.2) is 0 Å². The van der Waals surface area contributed by atoms with E-state index in [0.717, 1.165) is 30.6 Å². The van der Waals surface area contributed by atoms with Crippen LogP contribution in [0.2, 0.25) is 0 Å². The van der Waals surface area contributed by atoms with Gasteiger partial charge in [-0.05, 0) is 55.5 Å². The highest BCUT2D eigenvalue weighted by Gasteiger charge is 2.27. The van der Waals surface area contributed by atoms with Crippen molar-refractivity contribution in [2.45, 2.75) is 43.9 Å². The molecule has 0 aromatic heterocycles. The fourth-order valence-corrected chi connectivity index (χ4v) is 5.35. The van der Waals surface area contributed by atoms with Crippen molar-refractivity contribution in [1.82, 2.24) is 4.31 Å². The van der Waals surface area contributed by atoms with E-state index >= 15 is 0 Å². The number of aryl methyl sites for hydroxylation is 2. The minimum Gasteiger partial charge on any atom is -0.496 e. The number of hydrogen-bond donors (Lipinski definition) is 1. The molecule has 2 aromatic carbocycles. The Hall–Kier alpha value is -2.38. The van der Waals surface area contributed by atoms with Crippen LogP contribution in [0.1, 0.15) is 36.8 Å². The second-order valence-electron chi connectivity index (χ2n) is 7.31. The number of carbonyl (C=O) groups excluding carboxylic acids is 1. The van der Waals surface area contributed by atoms with Crippen LogP contribution in [0.3, 0.4) is 0 Å². The molecule has 0 atom stereocenters. The second kappa shape index (κ2) is 9.41. The van der Waals surface area contributed by atoms with E-state index in [1.165, 1.54) is 0 Å². The van der Waals surface area contributed by atoms with E-state index in [0.29, 0.717) is 30.8 Å². The molecule has 1 aliphatic heterocycles. The van der Waals surface area contributed by atoms with Gasteiger partial charge in [0.25, 0.3) is 0 Å². The summed E-state index contributed by atoms with van der Waals surface area (Å²) in [4.78, 5) is 12.7. The molecule has 2 aromatic rings. The Kier molecular flexibility index (Phi) is 6.92. The summed E-state index contributed by atoms with van der Waals surface area (Å²) >= 11 is 0. The van der Waals surface area contributed by atoms with Crippen LogP contribution < -0.4 is 10.1 Å². The lowest BCUT2D eigenvalue weighted by atomic mass is 10.1. The third-order valence-electron chi connectivity index (χ3n) is 5.22. The number of para-hydroxylation sites is 1. The topological polar surface area (TPSA) is 75.7 Å². The number of benzene rings is 2. The number of nitrogens with zero attached hydrogens (tertiary/aromatic N) is 1. The lowest BCUT2D eigenvalue weighted by Crippen LogP contribution is -2.36. The molecular weight excluding hydrogens is 388 g/mol. The fraction of sp³-hybridized carbons (Fsp3) is 0.409. The van der Waals surface area contributed by atoms with E-state index in [1.807, 2.05) is 24.3 Å². The average molecular weight is 417 g/mol. The van der Waals surface area contributed by atoms with Gasteiger partial charge in [-0.25, -0.2) is 8.42 Å². The summed E-state index contributed by atoms with van der Waals surface area (Å²) in [6, 6.07) is 12.7. The number of carbonyl (C=O) groups is 1. The molecule has 0 bridgehead atoms. The largest absolute Gasteiger partial charge is 0.496 e. The normalized spacial score (nSPS) is 15.1. The van der Waals surface area contributed by atoms with Crippen molar-refractivity contribution in [3.8, 4) is 5.75 Å². The monoisotopic (exact) mass is 416 g/mol. The van der Waals surface area contributed by atoms with Gasteiger partial charge in [-0.3, -0.25) is 4.79 Å². The third-order valence-corrected chi connectivity index (χ3v) is 7.26. The standard InChI is InChI=1S/C22H28N2O4S/c1-17-10-12-19(16-21(17)29(26,27)24-14-6-3-7-15-24)23-22(25)13-11-18-8-4-5-9-20(18)28-2/h4-5,8-10,12,16H,3,6-7,11,13-15H2,1-2H3,(H,23,25). The molecule has 1 N–H and O–H groups in total. The van der Waals surface area contributed by atoms with Crippen molar-refractivity contribution in [3.63, 3.8) is 0 Å². The molecule has 0 radical (unpaired) electrons. The van der Waals surface area contributed by atoms with Crippen LogP contribution in [-0.2, 0) is 21.2 Å². The van der Waals surface area contributed by atoms with Crippen LogP contribution >= 0.6 is 0 Å². The number of rotatable bonds is 7. The van der Waals surface area contributed by atoms with E-state index in [1.54, 1.807) is 36.5 Å². The Labute approximate surface area is 172 Å². The number of amides is 1. The summed E-state index contributed by atoms with van der Waals surface area (Å²) in [5.41, 5.74) is 2.14. The molecular formula is C22H28N2O4S. The Morgan fingerprint density at radius 1 is 1.10 bits per heavy atom. The lowest BCUT2D eigenvalue weighted by Gasteiger charge is -2.26. The van der Waals surface area contributed by atoms with E-state index in [4.69, 9.17) is 4.74 Å². The summed E-state index contributed by atoms with van der Waals surface area (Å²) in [5, 5.41) is 2.83. The molecule has 6 nitrogen and oxygen atoms in total. The molecule has 1 amide bonds. The number of piperidine rings is 1. The molecule has 0 saturated carbocycles. The van der Waals surface area contributed by atoms with E-state index in [9.17, 15) is 13.2 Å². The Morgan fingerprint density at radius 2 is 1.83 bits per heavy atom. The van der Waals surface area contributed by atoms with Gasteiger partial charge in [-0.15, -0.1) is 0 Å². The minimum absolute atomic E-state index is 0.166. The van der Waals surface area contributed by atoms with Crippen molar-refractivity contribution in [2.24, 2.45) is 0 Å². The van der Waals surface area contributed by atoms with Crippen LogP contribution in [0.25, 0.3) is 0 Å². The molecule has 7 heteroatoms. The zero-order valence-electron chi connectivity index (χ0n) is 17.0. The van der Waals surface area contributed by atoms with Crippen LogP contribution in [0, 0.1) is 6.92 Å². The van der Waals surface area contributed by atoms with Gasteiger partial charge < -0.3 is 10.1 Å². The molecule has 1 saturated heterocycles. The van der Waals surface area contributed by atoms with Gasteiger partial charge >= 0.3 is 0 Å². The van der Waals surface area contributed by atoms with Crippen LogP contribution in [0.4, 0.5) is 5.69 Å². The number of methoxy groups -OCH3 is 1. The maximum atomic E-state index is 13.0. The molecule has 0 unspecified atom stereocenters. The Morgan fingerprint density at radius 3 is 2.55 bits per heavy atom. The summed E-state index contributed by atoms with van der Waals surface area (Å²) in [5.74, 6) is 0.589. The molecule has 29 heavy (non-hydrogen) atoms. The van der Waals surface area contributed by atoms with Crippen LogP contribution in [-0.4, -0.2) is 38.8 Å². The van der Waals surface area contributed by atoms with Gasteiger partial charge in [0.2, 0.25) is 15.9 Å². The number of ether oxygens (including phenoxy) is 1. The highest BCUT2D eigenvalue weighted by molar-refractivity contribution is 7.89. The molecule has 156 valence electrons. The predicted molar refractivity (Wildman–Crippen MR) is 114 cm³/mol. The lowest BCUT2D eigenvalue weighted by molar-refractivity contribution is -0.116. The van der Waals surface area contributed by atoms with Gasteiger partial charge in [0.1, 0.15) is 5.75 Å². The van der Waals surface area contributed by atoms with Gasteiger partial charge in [-0.1, -0.05) is 30.7 Å². The summed E-state index contributed by atoms with van der Waals surface area (Å²) in [6.07, 6.45) is 3.66. The van der Waals surface area contributed by atoms with Gasteiger partial charge in [0.05, 0.1) is 12.0 Å². The third kappa shape index (κ3) is 5.16. The molecule has 0 spiro atoms. The first kappa shape index (κ1) is 21.3. The van der Waals surface area contributed by atoms with Crippen molar-refractivity contribution in [2.75, 3.05) is 25.5 Å². The SMILES string of the molecule is COc1ccccc1CCC(=O)Nc1ccc(C)c(S(=O)(=O)N2CCCCC2)c1. The smallest absolute Gasteiger partial charge is 0.243 e. The zero-order valence-corrected chi connectivity index (χ0v) is 17.8. The number of sulfonamides is 1. The first-order valence-corrected chi connectivity index (χ1v) is 11.4. The predicted octanol–water partition coefficient (Wildman–Crippen LogP) is 3.75. The summed E-state index contributed by atoms with van der Waals surface area (Å²) in [7, 11) is -1.94. The van der Waals surface area contributed by atoms with Crippen molar-refractivity contribution >= 4 is 21.6 Å². The highest BCUT2D eigenvalue weighted by Crippen LogP contribution is 2.26. The highest BCUT2D eigenvalue weighted by atomic mass is 32.2. The van der Waals surface area contributed by atoms with Crippen molar-refractivity contribution in [3.05, 3.63) is 53.6 Å². The quantitative estimate of drug-likeness (QED) is 0.746. The Bertz CT molecular complexity index is 967.